The summed E-state index contributed by atoms with van der Waals surface area (Å²) in [4.78, 5) is 16.7. The Kier molecular flexibility index (Phi) is 7.47. The molecule has 5 N–H and O–H groups in total. The van der Waals surface area contributed by atoms with Crippen molar-refractivity contribution in [3.63, 3.8) is 0 Å². The number of halogens is 2. The zero-order valence-corrected chi connectivity index (χ0v) is 20.6. The molecule has 0 spiro atoms. The molecule has 1 aromatic heterocycles. The lowest BCUT2D eigenvalue weighted by molar-refractivity contribution is 0.0697. The van der Waals surface area contributed by atoms with E-state index in [0.717, 1.165) is 5.69 Å². The first-order valence-corrected chi connectivity index (χ1v) is 11.2. The molecule has 1 heterocycles. The monoisotopic (exact) mass is 536 g/mol. The highest BCUT2D eigenvalue weighted by molar-refractivity contribution is 5.95. The number of hydrogen-bond donors (Lipinski definition) is 4. The highest BCUT2D eigenvalue weighted by Gasteiger charge is 2.27. The second-order valence-corrected chi connectivity index (χ2v) is 8.30. The molecule has 0 fully saturated rings. The number of rotatable bonds is 9. The molecule has 4 aromatic rings. The number of nitrogen functional groups attached to an aromatic ring is 1. The van der Waals surface area contributed by atoms with Crippen molar-refractivity contribution in [1.29, 1.82) is 5.41 Å². The van der Waals surface area contributed by atoms with E-state index in [4.69, 9.17) is 30.5 Å². The molecular formula is C27H22F2N4O6. The van der Waals surface area contributed by atoms with Gasteiger partial charge in [0.15, 0.2) is 11.5 Å². The fourth-order valence-corrected chi connectivity index (χ4v) is 3.29. The number of carboxylic acid groups (broad SMARTS) is 1. The van der Waals surface area contributed by atoms with Gasteiger partial charge in [-0.25, -0.2) is 4.79 Å². The number of nitrogens with one attached hydrogen (secondary N) is 1. The molecule has 0 saturated carbocycles. The SMILES string of the molecule is CN(C)c1cccc(Oc2nc(Oc3cc(C(=N)N)ccc3O)c(F)c(Oc3ccc(C(=O)O)cc3)c2F)c1. The summed E-state index contributed by atoms with van der Waals surface area (Å²) >= 11 is 0. The number of phenols is 1. The van der Waals surface area contributed by atoms with E-state index in [0.29, 0.717) is 0 Å². The molecule has 10 nitrogen and oxygen atoms in total. The van der Waals surface area contributed by atoms with Gasteiger partial charge in [0.2, 0.25) is 17.4 Å². The number of pyridine rings is 1. The molecule has 4 rings (SSSR count). The lowest BCUT2D eigenvalue weighted by atomic mass is 10.2. The smallest absolute Gasteiger partial charge is 0.335 e. The molecule has 0 aliphatic heterocycles. The molecule has 0 aliphatic carbocycles. The van der Waals surface area contributed by atoms with Crippen molar-refractivity contribution in [2.45, 2.75) is 0 Å². The van der Waals surface area contributed by atoms with Crippen LogP contribution in [0.5, 0.6) is 40.5 Å². The number of aromatic carboxylic acids is 1. The summed E-state index contributed by atoms with van der Waals surface area (Å²) < 4.78 is 47.6. The second-order valence-electron chi connectivity index (χ2n) is 8.30. The number of hydrogen-bond acceptors (Lipinski definition) is 8. The normalized spacial score (nSPS) is 10.6. The van der Waals surface area contributed by atoms with E-state index < -0.39 is 40.9 Å². The van der Waals surface area contributed by atoms with Crippen LogP contribution in [0.4, 0.5) is 14.5 Å². The minimum atomic E-state index is -1.38. The highest BCUT2D eigenvalue weighted by atomic mass is 19.1. The third kappa shape index (κ3) is 5.96. The van der Waals surface area contributed by atoms with Gasteiger partial charge < -0.3 is 35.1 Å². The number of anilines is 1. The maximum Gasteiger partial charge on any atom is 0.335 e. The zero-order valence-electron chi connectivity index (χ0n) is 20.6. The summed E-state index contributed by atoms with van der Waals surface area (Å²) in [6.07, 6.45) is 0. The van der Waals surface area contributed by atoms with Gasteiger partial charge in [0.25, 0.3) is 11.8 Å². The van der Waals surface area contributed by atoms with Gasteiger partial charge in [-0.2, -0.15) is 13.8 Å². The Morgan fingerprint density at radius 1 is 0.897 bits per heavy atom. The van der Waals surface area contributed by atoms with Crippen molar-refractivity contribution in [3.8, 4) is 40.5 Å². The van der Waals surface area contributed by atoms with Crippen LogP contribution in [0.15, 0.2) is 66.7 Å². The number of ether oxygens (including phenoxy) is 3. The molecule has 12 heteroatoms. The predicted molar refractivity (Wildman–Crippen MR) is 138 cm³/mol. The van der Waals surface area contributed by atoms with Crippen LogP contribution in [0.2, 0.25) is 0 Å². The van der Waals surface area contributed by atoms with Gasteiger partial charge in [-0.1, -0.05) is 6.07 Å². The summed E-state index contributed by atoms with van der Waals surface area (Å²) in [5.74, 6) is -7.37. The minimum Gasteiger partial charge on any atom is -0.504 e. The van der Waals surface area contributed by atoms with Gasteiger partial charge >= 0.3 is 5.97 Å². The fourth-order valence-electron chi connectivity index (χ4n) is 3.29. The third-order valence-corrected chi connectivity index (χ3v) is 5.32. The highest BCUT2D eigenvalue weighted by Crippen LogP contribution is 2.41. The quantitative estimate of drug-likeness (QED) is 0.161. The first-order valence-electron chi connectivity index (χ1n) is 11.2. The van der Waals surface area contributed by atoms with Gasteiger partial charge in [0, 0.05) is 31.4 Å². The molecule has 0 aliphatic rings. The topological polar surface area (TPSA) is 151 Å². The average Bonchev–Trinajstić information content (AvgIpc) is 2.90. The Morgan fingerprint density at radius 2 is 1.54 bits per heavy atom. The average molecular weight is 536 g/mol. The summed E-state index contributed by atoms with van der Waals surface area (Å²) in [6.45, 7) is 0. The predicted octanol–water partition coefficient (Wildman–Crippen LogP) is 5.49. The first kappa shape index (κ1) is 26.7. The summed E-state index contributed by atoms with van der Waals surface area (Å²) in [5.41, 5.74) is 6.32. The Morgan fingerprint density at radius 3 is 2.15 bits per heavy atom. The number of phenolic OH excluding ortho intramolecular Hbond substituents is 1. The van der Waals surface area contributed by atoms with Crippen molar-refractivity contribution in [2.24, 2.45) is 5.73 Å². The van der Waals surface area contributed by atoms with E-state index >= 15 is 8.78 Å². The summed E-state index contributed by atoms with van der Waals surface area (Å²) in [5, 5.41) is 26.9. The van der Waals surface area contributed by atoms with E-state index in [1.54, 1.807) is 37.2 Å². The lowest BCUT2D eigenvalue weighted by Crippen LogP contribution is -2.11. The van der Waals surface area contributed by atoms with E-state index in [2.05, 4.69) is 4.98 Å². The maximum atomic E-state index is 15.5. The van der Waals surface area contributed by atoms with Crippen LogP contribution >= 0.6 is 0 Å². The minimum absolute atomic E-state index is 0.0623. The number of aromatic hydroxyl groups is 1. The second kappa shape index (κ2) is 10.9. The van der Waals surface area contributed by atoms with Crippen molar-refractivity contribution in [1.82, 2.24) is 4.98 Å². The van der Waals surface area contributed by atoms with Gasteiger partial charge in [0.1, 0.15) is 17.3 Å². The largest absolute Gasteiger partial charge is 0.504 e. The van der Waals surface area contributed by atoms with Crippen LogP contribution in [-0.4, -0.2) is 41.1 Å². The number of carbonyl (C=O) groups is 1. The molecule has 0 amide bonds. The fraction of sp³-hybridized carbons (Fsp3) is 0.0741. The van der Waals surface area contributed by atoms with Crippen molar-refractivity contribution >= 4 is 17.5 Å². The van der Waals surface area contributed by atoms with E-state index in [1.807, 2.05) is 0 Å². The van der Waals surface area contributed by atoms with E-state index in [-0.39, 0.29) is 34.2 Å². The van der Waals surface area contributed by atoms with Crippen molar-refractivity contribution in [2.75, 3.05) is 19.0 Å². The van der Waals surface area contributed by atoms with E-state index in [9.17, 15) is 9.90 Å². The van der Waals surface area contributed by atoms with Crippen LogP contribution in [0.25, 0.3) is 0 Å². The molecule has 3 aromatic carbocycles. The lowest BCUT2D eigenvalue weighted by Gasteiger charge is -2.16. The Labute approximate surface area is 220 Å². The van der Waals surface area contributed by atoms with Crippen LogP contribution in [0, 0.1) is 17.0 Å². The van der Waals surface area contributed by atoms with Crippen LogP contribution in [0.3, 0.4) is 0 Å². The molecule has 200 valence electrons. The van der Waals surface area contributed by atoms with Crippen molar-refractivity contribution in [3.05, 3.63) is 89.5 Å². The third-order valence-electron chi connectivity index (χ3n) is 5.32. The van der Waals surface area contributed by atoms with Gasteiger partial charge in [-0.3, -0.25) is 5.41 Å². The number of nitrogens with zero attached hydrogens (tertiary/aromatic N) is 2. The number of benzene rings is 3. The maximum absolute atomic E-state index is 15.5. The molecule has 39 heavy (non-hydrogen) atoms. The molecule has 0 radical (unpaired) electrons. The van der Waals surface area contributed by atoms with Crippen LogP contribution < -0.4 is 24.8 Å². The van der Waals surface area contributed by atoms with Crippen LogP contribution in [0.1, 0.15) is 15.9 Å². The zero-order chi connectivity index (χ0) is 28.3. The number of nitrogens with two attached hydrogens (primary N) is 1. The Bertz CT molecular complexity index is 1560. The summed E-state index contributed by atoms with van der Waals surface area (Å²) in [6, 6.07) is 15.1. The Balaban J connectivity index is 1.80. The van der Waals surface area contributed by atoms with Gasteiger partial charge in [-0.05, 0) is 54.6 Å². The standard InChI is InChI=1S/C27H22F2N4O6/c1-33(2)16-4-3-5-18(13-16)38-25-21(28)23(37-17-9-6-14(7-10-17)27(35)36)22(29)26(32-25)39-20-12-15(24(30)31)8-11-19(20)34/h3-13,34H,1-2H3,(H3,30,31)(H,35,36). The molecule has 0 atom stereocenters. The summed E-state index contributed by atoms with van der Waals surface area (Å²) in [7, 11) is 3.59. The molecule has 0 saturated heterocycles. The molecule has 0 unspecified atom stereocenters. The number of amidine groups is 1. The Hall–Kier alpha value is -5.39. The molecule has 0 bridgehead atoms. The molecular weight excluding hydrogens is 514 g/mol. The van der Waals surface area contributed by atoms with Gasteiger partial charge in [0.05, 0.1) is 5.56 Å². The van der Waals surface area contributed by atoms with Crippen molar-refractivity contribution < 1.29 is 38.0 Å². The van der Waals surface area contributed by atoms with E-state index in [1.165, 1.54) is 48.5 Å². The first-order chi connectivity index (χ1) is 18.5. The number of carboxylic acids is 1. The van der Waals surface area contributed by atoms with Gasteiger partial charge in [-0.15, -0.1) is 0 Å². The van der Waals surface area contributed by atoms with Crippen LogP contribution in [-0.2, 0) is 0 Å². The number of aromatic nitrogens is 1.